The fraction of sp³-hybridized carbons (Fsp3) is 0.500. The van der Waals surface area contributed by atoms with Gasteiger partial charge in [-0.1, -0.05) is 19.9 Å². The summed E-state index contributed by atoms with van der Waals surface area (Å²) in [5, 5.41) is 8.05. The Morgan fingerprint density at radius 1 is 1.15 bits per heavy atom. The molecule has 0 aliphatic rings. The third-order valence-corrected chi connectivity index (χ3v) is 3.59. The second kappa shape index (κ2) is 7.20. The predicted molar refractivity (Wildman–Crippen MR) is 81.4 cm³/mol. The van der Waals surface area contributed by atoms with Crippen molar-refractivity contribution in [3.8, 4) is 0 Å². The lowest BCUT2D eigenvalue weighted by Crippen LogP contribution is -2.14. The Hall–Kier alpha value is -1.68. The van der Waals surface area contributed by atoms with E-state index < -0.39 is 0 Å². The van der Waals surface area contributed by atoms with Crippen LogP contribution >= 0.6 is 0 Å². The van der Waals surface area contributed by atoms with Crippen LogP contribution in [0.2, 0.25) is 0 Å². The molecular formula is C16H24N4. The smallest absolute Gasteiger partial charge is 0.0762 e. The Morgan fingerprint density at radius 3 is 2.60 bits per heavy atom. The summed E-state index contributed by atoms with van der Waals surface area (Å²) in [6, 6.07) is 6.76. The van der Waals surface area contributed by atoms with E-state index in [1.807, 2.05) is 19.2 Å². The minimum Gasteiger partial charge on any atom is -0.307 e. The fourth-order valence-corrected chi connectivity index (χ4v) is 2.28. The number of pyridine rings is 1. The Morgan fingerprint density at radius 2 is 1.95 bits per heavy atom. The molecule has 108 valence electrons. The van der Waals surface area contributed by atoms with Gasteiger partial charge >= 0.3 is 0 Å². The molecule has 0 saturated carbocycles. The number of nitrogens with one attached hydrogen (secondary N) is 1. The Kier molecular flexibility index (Phi) is 5.30. The van der Waals surface area contributed by atoms with Gasteiger partial charge in [0.15, 0.2) is 0 Å². The molecule has 0 aliphatic carbocycles. The lowest BCUT2D eigenvalue weighted by Gasteiger charge is -2.12. The molecule has 0 aliphatic heterocycles. The molecule has 0 unspecified atom stereocenters. The molecule has 0 spiro atoms. The lowest BCUT2D eigenvalue weighted by molar-refractivity contribution is 0.424. The molecule has 0 bridgehead atoms. The SMILES string of the molecule is CCC(CC)n1ccc(CNCc2ccc(C)nc2)n1. The summed E-state index contributed by atoms with van der Waals surface area (Å²) in [7, 11) is 0. The number of nitrogens with zero attached hydrogens (tertiary/aromatic N) is 3. The zero-order chi connectivity index (χ0) is 14.4. The normalized spacial score (nSPS) is 11.2. The molecule has 0 aromatic carbocycles. The standard InChI is InChI=1S/C16H24N4/c1-4-16(5-2)20-9-8-15(19-20)12-17-10-14-7-6-13(3)18-11-14/h6-9,11,16-17H,4-5,10,12H2,1-3H3. The summed E-state index contributed by atoms with van der Waals surface area (Å²) in [4.78, 5) is 4.29. The third-order valence-electron chi connectivity index (χ3n) is 3.59. The monoisotopic (exact) mass is 272 g/mol. The van der Waals surface area contributed by atoms with Gasteiger partial charge in [0, 0.05) is 31.2 Å². The molecule has 4 nitrogen and oxygen atoms in total. The highest BCUT2D eigenvalue weighted by Crippen LogP contribution is 2.14. The maximum absolute atomic E-state index is 4.64. The fourth-order valence-electron chi connectivity index (χ4n) is 2.28. The minimum absolute atomic E-state index is 0.519. The van der Waals surface area contributed by atoms with E-state index in [-0.39, 0.29) is 0 Å². The third kappa shape index (κ3) is 3.90. The Bertz CT molecular complexity index is 512. The zero-order valence-corrected chi connectivity index (χ0v) is 12.6. The van der Waals surface area contributed by atoms with Gasteiger partial charge in [-0.3, -0.25) is 9.67 Å². The van der Waals surface area contributed by atoms with Gasteiger partial charge in [0.25, 0.3) is 0 Å². The first-order valence-electron chi connectivity index (χ1n) is 7.39. The van der Waals surface area contributed by atoms with E-state index in [1.54, 1.807) is 0 Å². The molecule has 0 radical (unpaired) electrons. The molecule has 2 aromatic rings. The van der Waals surface area contributed by atoms with Crippen LogP contribution in [-0.2, 0) is 13.1 Å². The van der Waals surface area contributed by atoms with Crippen molar-refractivity contribution in [3.05, 3.63) is 47.5 Å². The van der Waals surface area contributed by atoms with Crippen LogP contribution in [0.3, 0.4) is 0 Å². The summed E-state index contributed by atoms with van der Waals surface area (Å²) in [5.41, 5.74) is 3.35. The first kappa shape index (κ1) is 14.7. The van der Waals surface area contributed by atoms with Crippen molar-refractivity contribution in [2.45, 2.75) is 52.7 Å². The van der Waals surface area contributed by atoms with E-state index in [9.17, 15) is 0 Å². The number of rotatable bonds is 7. The maximum Gasteiger partial charge on any atom is 0.0762 e. The Balaban J connectivity index is 1.84. The zero-order valence-electron chi connectivity index (χ0n) is 12.6. The number of aryl methyl sites for hydroxylation is 1. The highest BCUT2D eigenvalue weighted by atomic mass is 15.3. The molecule has 0 saturated heterocycles. The van der Waals surface area contributed by atoms with Gasteiger partial charge < -0.3 is 5.32 Å². The highest BCUT2D eigenvalue weighted by molar-refractivity contribution is 5.13. The Labute approximate surface area is 121 Å². The van der Waals surface area contributed by atoms with Gasteiger partial charge in [-0.25, -0.2) is 0 Å². The van der Waals surface area contributed by atoms with Crippen LogP contribution in [0, 0.1) is 6.92 Å². The number of aromatic nitrogens is 3. The van der Waals surface area contributed by atoms with E-state index in [2.05, 4.69) is 52.3 Å². The van der Waals surface area contributed by atoms with Gasteiger partial charge in [-0.2, -0.15) is 5.10 Å². The van der Waals surface area contributed by atoms with Gasteiger partial charge in [-0.15, -0.1) is 0 Å². The summed E-state index contributed by atoms with van der Waals surface area (Å²) in [6.07, 6.45) is 6.26. The van der Waals surface area contributed by atoms with Gasteiger partial charge in [-0.05, 0) is 37.5 Å². The molecule has 1 N–H and O–H groups in total. The van der Waals surface area contributed by atoms with E-state index in [1.165, 1.54) is 5.56 Å². The average Bonchev–Trinajstić information content (AvgIpc) is 2.91. The van der Waals surface area contributed by atoms with Crippen molar-refractivity contribution in [3.63, 3.8) is 0 Å². The molecule has 20 heavy (non-hydrogen) atoms. The largest absolute Gasteiger partial charge is 0.307 e. The molecule has 2 rings (SSSR count). The van der Waals surface area contributed by atoms with Gasteiger partial charge in [0.2, 0.25) is 0 Å². The van der Waals surface area contributed by atoms with E-state index in [0.29, 0.717) is 6.04 Å². The van der Waals surface area contributed by atoms with Crippen LogP contribution in [0.15, 0.2) is 30.6 Å². The van der Waals surface area contributed by atoms with E-state index >= 15 is 0 Å². The van der Waals surface area contributed by atoms with Crippen LogP contribution in [0.1, 0.15) is 49.7 Å². The summed E-state index contributed by atoms with van der Waals surface area (Å²) >= 11 is 0. The van der Waals surface area contributed by atoms with Crippen LogP contribution in [-0.4, -0.2) is 14.8 Å². The molecule has 0 fully saturated rings. The first-order valence-corrected chi connectivity index (χ1v) is 7.39. The van der Waals surface area contributed by atoms with Crippen LogP contribution in [0.4, 0.5) is 0 Å². The lowest BCUT2D eigenvalue weighted by atomic mass is 10.2. The molecule has 0 atom stereocenters. The van der Waals surface area contributed by atoms with Crippen molar-refractivity contribution in [2.75, 3.05) is 0 Å². The minimum atomic E-state index is 0.519. The van der Waals surface area contributed by atoms with Crippen molar-refractivity contribution in [1.29, 1.82) is 0 Å². The van der Waals surface area contributed by atoms with E-state index in [0.717, 1.165) is 37.3 Å². The highest BCUT2D eigenvalue weighted by Gasteiger charge is 2.07. The molecule has 2 aromatic heterocycles. The quantitative estimate of drug-likeness (QED) is 0.841. The topological polar surface area (TPSA) is 42.7 Å². The molecule has 0 amide bonds. The average molecular weight is 272 g/mol. The number of hydrogen-bond donors (Lipinski definition) is 1. The van der Waals surface area contributed by atoms with Crippen LogP contribution < -0.4 is 5.32 Å². The van der Waals surface area contributed by atoms with Gasteiger partial charge in [0.1, 0.15) is 0 Å². The number of hydrogen-bond acceptors (Lipinski definition) is 3. The maximum atomic E-state index is 4.64. The van der Waals surface area contributed by atoms with Crippen molar-refractivity contribution in [1.82, 2.24) is 20.1 Å². The van der Waals surface area contributed by atoms with Crippen molar-refractivity contribution < 1.29 is 0 Å². The van der Waals surface area contributed by atoms with E-state index in [4.69, 9.17) is 0 Å². The van der Waals surface area contributed by atoms with Crippen molar-refractivity contribution >= 4 is 0 Å². The van der Waals surface area contributed by atoms with Crippen LogP contribution in [0.5, 0.6) is 0 Å². The molecule has 4 heteroatoms. The summed E-state index contributed by atoms with van der Waals surface area (Å²) in [6.45, 7) is 8.03. The van der Waals surface area contributed by atoms with Crippen molar-refractivity contribution in [2.24, 2.45) is 0 Å². The summed E-state index contributed by atoms with van der Waals surface area (Å²) < 4.78 is 2.09. The van der Waals surface area contributed by atoms with Gasteiger partial charge in [0.05, 0.1) is 11.7 Å². The second-order valence-corrected chi connectivity index (χ2v) is 5.17. The molecule has 2 heterocycles. The second-order valence-electron chi connectivity index (χ2n) is 5.17. The first-order chi connectivity index (χ1) is 9.72. The predicted octanol–water partition coefficient (Wildman–Crippen LogP) is 3.24. The summed E-state index contributed by atoms with van der Waals surface area (Å²) in [5.74, 6) is 0. The van der Waals surface area contributed by atoms with Crippen LogP contribution in [0.25, 0.3) is 0 Å². The molecular weight excluding hydrogens is 248 g/mol.